The Labute approximate surface area is 122 Å². The van der Waals surface area contributed by atoms with Gasteiger partial charge >= 0.3 is 0 Å². The molecule has 1 aliphatic rings. The molecule has 1 N–H and O–H groups in total. The molecular weight excluding hydrogens is 283 g/mol. The zero-order valence-electron chi connectivity index (χ0n) is 11.4. The van der Waals surface area contributed by atoms with E-state index in [2.05, 4.69) is 5.32 Å². The van der Waals surface area contributed by atoms with E-state index in [-0.39, 0.29) is 24.0 Å². The van der Waals surface area contributed by atoms with Crippen molar-refractivity contribution >= 4 is 17.5 Å². The maximum Gasteiger partial charge on any atom is 0.227 e. The van der Waals surface area contributed by atoms with Crippen LogP contribution in [-0.2, 0) is 16.0 Å². The number of morpholine rings is 1. The smallest absolute Gasteiger partial charge is 0.227 e. The van der Waals surface area contributed by atoms with E-state index in [9.17, 15) is 9.18 Å². The minimum atomic E-state index is -0.439. The van der Waals surface area contributed by atoms with Gasteiger partial charge in [0.1, 0.15) is 5.82 Å². The molecule has 1 aromatic carbocycles. The second kappa shape index (κ2) is 7.02. The summed E-state index contributed by atoms with van der Waals surface area (Å²) in [6, 6.07) is 4.44. The van der Waals surface area contributed by atoms with Crippen LogP contribution in [0.2, 0.25) is 5.02 Å². The van der Waals surface area contributed by atoms with Gasteiger partial charge in [-0.1, -0.05) is 17.7 Å². The summed E-state index contributed by atoms with van der Waals surface area (Å²) in [4.78, 5) is 13.9. The fourth-order valence-corrected chi connectivity index (χ4v) is 2.49. The van der Waals surface area contributed by atoms with Gasteiger partial charge in [0.2, 0.25) is 5.91 Å². The van der Waals surface area contributed by atoms with Crippen LogP contribution in [0, 0.1) is 5.82 Å². The van der Waals surface area contributed by atoms with E-state index in [4.69, 9.17) is 16.3 Å². The van der Waals surface area contributed by atoms with Gasteiger partial charge in [0, 0.05) is 30.2 Å². The van der Waals surface area contributed by atoms with Crippen molar-refractivity contribution in [3.05, 3.63) is 34.6 Å². The average Bonchev–Trinajstić information content (AvgIpc) is 2.43. The number of rotatable bonds is 4. The molecule has 20 heavy (non-hydrogen) atoms. The Bertz CT molecular complexity index is 462. The molecule has 6 heteroatoms. The van der Waals surface area contributed by atoms with Crippen LogP contribution in [0.4, 0.5) is 4.39 Å². The first-order valence-corrected chi connectivity index (χ1v) is 6.96. The van der Waals surface area contributed by atoms with Gasteiger partial charge in [0.05, 0.1) is 19.1 Å². The molecule has 0 spiro atoms. The Balaban J connectivity index is 2.01. The lowest BCUT2D eigenvalue weighted by molar-refractivity contribution is -0.137. The summed E-state index contributed by atoms with van der Waals surface area (Å²) < 4.78 is 19.2. The molecule has 1 aliphatic heterocycles. The van der Waals surface area contributed by atoms with Crippen LogP contribution in [-0.4, -0.2) is 50.2 Å². The molecule has 0 aliphatic carbocycles. The monoisotopic (exact) mass is 300 g/mol. The van der Waals surface area contributed by atoms with Crippen LogP contribution in [0.15, 0.2) is 18.2 Å². The van der Waals surface area contributed by atoms with E-state index >= 15 is 0 Å². The number of halogens is 2. The molecule has 1 amide bonds. The number of nitrogens with one attached hydrogen (secondary N) is 1. The summed E-state index contributed by atoms with van der Waals surface area (Å²) in [6.07, 6.45) is -0.0357. The van der Waals surface area contributed by atoms with Crippen molar-refractivity contribution in [2.75, 3.05) is 33.3 Å². The van der Waals surface area contributed by atoms with Gasteiger partial charge < -0.3 is 15.0 Å². The lowest BCUT2D eigenvalue weighted by Gasteiger charge is -2.33. The molecule has 1 heterocycles. The molecule has 0 aromatic heterocycles. The van der Waals surface area contributed by atoms with E-state index in [0.29, 0.717) is 31.3 Å². The molecule has 2 rings (SSSR count). The molecule has 1 atom stereocenters. The fraction of sp³-hybridized carbons (Fsp3) is 0.500. The minimum absolute atomic E-state index is 0.0161. The number of hydrogen-bond acceptors (Lipinski definition) is 3. The predicted molar refractivity (Wildman–Crippen MR) is 75.4 cm³/mol. The van der Waals surface area contributed by atoms with Crippen molar-refractivity contribution in [1.82, 2.24) is 10.2 Å². The standard InChI is InChI=1S/C14H18ClFN2O2/c1-17-8-10-9-18(5-6-20-10)14(19)7-11-12(15)3-2-4-13(11)16/h2-4,10,17H,5-9H2,1H3. The van der Waals surface area contributed by atoms with E-state index in [1.165, 1.54) is 12.1 Å². The zero-order valence-corrected chi connectivity index (χ0v) is 12.1. The highest BCUT2D eigenvalue weighted by atomic mass is 35.5. The third-order valence-corrected chi connectivity index (χ3v) is 3.67. The highest BCUT2D eigenvalue weighted by molar-refractivity contribution is 6.31. The maximum atomic E-state index is 13.7. The van der Waals surface area contributed by atoms with Crippen LogP contribution in [0.5, 0.6) is 0 Å². The summed E-state index contributed by atoms with van der Waals surface area (Å²) >= 11 is 5.95. The van der Waals surface area contributed by atoms with Crippen molar-refractivity contribution in [3.63, 3.8) is 0 Å². The van der Waals surface area contributed by atoms with Gasteiger partial charge in [-0.15, -0.1) is 0 Å². The Morgan fingerprint density at radius 1 is 1.60 bits per heavy atom. The van der Waals surface area contributed by atoms with Crippen molar-refractivity contribution < 1.29 is 13.9 Å². The van der Waals surface area contributed by atoms with Gasteiger partial charge in [-0.25, -0.2) is 4.39 Å². The largest absolute Gasteiger partial charge is 0.373 e. The molecular formula is C14H18ClFN2O2. The average molecular weight is 301 g/mol. The van der Waals surface area contributed by atoms with Gasteiger partial charge in [0.15, 0.2) is 0 Å². The molecule has 0 radical (unpaired) electrons. The van der Waals surface area contributed by atoms with Crippen LogP contribution < -0.4 is 5.32 Å². The van der Waals surface area contributed by atoms with Gasteiger partial charge in [-0.05, 0) is 19.2 Å². The van der Waals surface area contributed by atoms with Crippen molar-refractivity contribution in [2.45, 2.75) is 12.5 Å². The molecule has 1 saturated heterocycles. The van der Waals surface area contributed by atoms with Crippen molar-refractivity contribution in [1.29, 1.82) is 0 Å². The van der Waals surface area contributed by atoms with E-state index < -0.39 is 5.82 Å². The van der Waals surface area contributed by atoms with Crippen LogP contribution in [0.25, 0.3) is 0 Å². The van der Waals surface area contributed by atoms with E-state index in [1.54, 1.807) is 11.0 Å². The number of benzene rings is 1. The topological polar surface area (TPSA) is 41.6 Å². The number of carbonyl (C=O) groups excluding carboxylic acids is 1. The van der Waals surface area contributed by atoms with Crippen LogP contribution in [0.3, 0.4) is 0 Å². The maximum absolute atomic E-state index is 13.7. The lowest BCUT2D eigenvalue weighted by atomic mass is 10.1. The Morgan fingerprint density at radius 3 is 3.10 bits per heavy atom. The van der Waals surface area contributed by atoms with Crippen molar-refractivity contribution in [2.24, 2.45) is 0 Å². The number of carbonyl (C=O) groups is 1. The first kappa shape index (κ1) is 15.2. The number of ether oxygens (including phenoxy) is 1. The number of likely N-dealkylation sites (N-methyl/N-ethyl adjacent to an activating group) is 1. The lowest BCUT2D eigenvalue weighted by Crippen LogP contribution is -2.49. The summed E-state index contributed by atoms with van der Waals surface area (Å²) in [5.74, 6) is -0.563. The highest BCUT2D eigenvalue weighted by Gasteiger charge is 2.24. The number of nitrogens with zero attached hydrogens (tertiary/aromatic N) is 1. The summed E-state index contributed by atoms with van der Waals surface area (Å²) in [5, 5.41) is 3.31. The van der Waals surface area contributed by atoms with Crippen molar-refractivity contribution in [3.8, 4) is 0 Å². The first-order chi connectivity index (χ1) is 9.61. The van der Waals surface area contributed by atoms with Crippen LogP contribution >= 0.6 is 11.6 Å². The quantitative estimate of drug-likeness (QED) is 0.915. The normalized spacial score (nSPS) is 19.1. The third-order valence-electron chi connectivity index (χ3n) is 3.31. The highest BCUT2D eigenvalue weighted by Crippen LogP contribution is 2.20. The first-order valence-electron chi connectivity index (χ1n) is 6.58. The predicted octanol–water partition coefficient (Wildman–Crippen LogP) is 1.47. The van der Waals surface area contributed by atoms with Gasteiger partial charge in [-0.2, -0.15) is 0 Å². The summed E-state index contributed by atoms with van der Waals surface area (Å²) in [6.45, 7) is 2.24. The Morgan fingerprint density at radius 2 is 2.40 bits per heavy atom. The number of amides is 1. The third kappa shape index (κ3) is 3.69. The van der Waals surface area contributed by atoms with Gasteiger partial charge in [-0.3, -0.25) is 4.79 Å². The number of hydrogen-bond donors (Lipinski definition) is 1. The minimum Gasteiger partial charge on any atom is -0.373 e. The molecule has 1 aromatic rings. The van der Waals surface area contributed by atoms with Crippen LogP contribution in [0.1, 0.15) is 5.56 Å². The van der Waals surface area contributed by atoms with E-state index in [0.717, 1.165) is 0 Å². The second-order valence-electron chi connectivity index (χ2n) is 4.77. The Kier molecular flexibility index (Phi) is 5.34. The molecule has 110 valence electrons. The SMILES string of the molecule is CNCC1CN(C(=O)Cc2c(F)cccc2Cl)CCO1. The molecule has 0 saturated carbocycles. The van der Waals surface area contributed by atoms with Gasteiger partial charge in [0.25, 0.3) is 0 Å². The molecule has 4 nitrogen and oxygen atoms in total. The Hall–Kier alpha value is -1.17. The summed E-state index contributed by atoms with van der Waals surface area (Å²) in [7, 11) is 1.84. The molecule has 1 fully saturated rings. The zero-order chi connectivity index (χ0) is 14.5. The van der Waals surface area contributed by atoms with E-state index in [1.807, 2.05) is 7.05 Å². The molecule has 1 unspecified atom stereocenters. The summed E-state index contributed by atoms with van der Waals surface area (Å²) in [5.41, 5.74) is 0.260. The fourth-order valence-electron chi connectivity index (χ4n) is 2.26. The molecule has 0 bridgehead atoms. The second-order valence-corrected chi connectivity index (χ2v) is 5.17.